The fraction of sp³-hybridized carbons (Fsp3) is 0.333. The van der Waals surface area contributed by atoms with Gasteiger partial charge in [-0.05, 0) is 0 Å². The third kappa shape index (κ3) is 2.18. The average molecular weight is 141 g/mol. The molecule has 0 saturated heterocycles. The summed E-state index contributed by atoms with van der Waals surface area (Å²) in [7, 11) is 1.19. The van der Waals surface area contributed by atoms with Gasteiger partial charge in [-0.3, -0.25) is 4.79 Å². The molecule has 0 radical (unpaired) electrons. The maximum absolute atomic E-state index is 10.5. The summed E-state index contributed by atoms with van der Waals surface area (Å²) in [6.45, 7) is 0. The summed E-state index contributed by atoms with van der Waals surface area (Å²) in [5.74, 6) is 1.39. The normalized spacial score (nSPS) is 10.8. The molecule has 0 fully saturated rings. The van der Waals surface area contributed by atoms with Crippen LogP contribution in [0, 0.1) is 12.3 Å². The molecule has 4 heteroatoms. The second-order valence-corrected chi connectivity index (χ2v) is 1.41. The summed E-state index contributed by atoms with van der Waals surface area (Å²) in [6, 6.07) is -0.970. The lowest BCUT2D eigenvalue weighted by atomic mass is 10.3. The molecule has 1 amide bonds. The molecule has 54 valence electrons. The number of carbonyl (C=O) groups is 2. The molecule has 0 aromatic rings. The quantitative estimate of drug-likeness (QED) is 0.308. The largest absolute Gasteiger partial charge is 0.467 e. The van der Waals surface area contributed by atoms with Gasteiger partial charge < -0.3 is 10.1 Å². The number of amides is 1. The molecule has 1 atom stereocenters. The Kier molecular flexibility index (Phi) is 3.73. The van der Waals surface area contributed by atoms with Crippen molar-refractivity contribution in [2.24, 2.45) is 0 Å². The van der Waals surface area contributed by atoms with E-state index < -0.39 is 12.0 Å². The Morgan fingerprint density at radius 1 is 1.90 bits per heavy atom. The molecule has 0 spiro atoms. The maximum Gasteiger partial charge on any atom is 0.341 e. The first-order chi connectivity index (χ1) is 4.76. The smallest absolute Gasteiger partial charge is 0.341 e. The van der Waals surface area contributed by atoms with Crippen molar-refractivity contribution in [1.82, 2.24) is 5.32 Å². The maximum atomic E-state index is 10.5. The Balaban J connectivity index is 3.96. The number of ether oxygens (including phenoxy) is 1. The first kappa shape index (κ1) is 8.50. The van der Waals surface area contributed by atoms with E-state index in [9.17, 15) is 9.59 Å². The van der Waals surface area contributed by atoms with E-state index >= 15 is 0 Å². The predicted octanol–water partition coefficient (Wildman–Crippen LogP) is -1.09. The van der Waals surface area contributed by atoms with E-state index in [1.807, 2.05) is 5.92 Å². The highest BCUT2D eigenvalue weighted by atomic mass is 16.5. The van der Waals surface area contributed by atoms with Crippen LogP contribution in [-0.2, 0) is 14.3 Å². The van der Waals surface area contributed by atoms with Crippen molar-refractivity contribution in [3.8, 4) is 12.3 Å². The van der Waals surface area contributed by atoms with E-state index in [0.29, 0.717) is 6.41 Å². The highest BCUT2D eigenvalue weighted by Crippen LogP contribution is 1.82. The van der Waals surface area contributed by atoms with Gasteiger partial charge in [0, 0.05) is 0 Å². The van der Waals surface area contributed by atoms with Crippen molar-refractivity contribution in [3.63, 3.8) is 0 Å². The SMILES string of the molecule is C#CC(NC=O)C(=O)OC. The molecule has 0 rings (SSSR count). The van der Waals surface area contributed by atoms with Gasteiger partial charge in [0.1, 0.15) is 0 Å². The predicted molar refractivity (Wildman–Crippen MR) is 33.8 cm³/mol. The summed E-state index contributed by atoms with van der Waals surface area (Å²) >= 11 is 0. The molecule has 4 nitrogen and oxygen atoms in total. The zero-order chi connectivity index (χ0) is 7.98. The molecule has 0 aliphatic rings. The molecule has 0 heterocycles. The molecule has 0 aromatic carbocycles. The van der Waals surface area contributed by atoms with Crippen LogP contribution in [0.15, 0.2) is 0 Å². The zero-order valence-corrected chi connectivity index (χ0v) is 5.46. The minimum absolute atomic E-state index is 0.349. The highest BCUT2D eigenvalue weighted by molar-refractivity contribution is 5.81. The lowest BCUT2D eigenvalue weighted by Gasteiger charge is -2.04. The molecule has 0 bridgehead atoms. The molecule has 10 heavy (non-hydrogen) atoms. The van der Waals surface area contributed by atoms with Crippen LogP contribution >= 0.6 is 0 Å². The number of hydrogen-bond donors (Lipinski definition) is 1. The Morgan fingerprint density at radius 3 is 2.80 bits per heavy atom. The summed E-state index contributed by atoms with van der Waals surface area (Å²) in [5.41, 5.74) is 0. The molecular weight excluding hydrogens is 134 g/mol. The van der Waals surface area contributed by atoms with Crippen molar-refractivity contribution >= 4 is 12.4 Å². The third-order valence-electron chi connectivity index (χ3n) is 0.838. The fourth-order valence-electron chi connectivity index (χ4n) is 0.370. The van der Waals surface area contributed by atoms with Crippen LogP contribution in [0.1, 0.15) is 0 Å². The second-order valence-electron chi connectivity index (χ2n) is 1.41. The van der Waals surface area contributed by atoms with Crippen LogP contribution < -0.4 is 5.32 Å². The minimum Gasteiger partial charge on any atom is -0.467 e. The lowest BCUT2D eigenvalue weighted by Crippen LogP contribution is -2.35. The Hall–Kier alpha value is -1.50. The first-order valence-corrected chi connectivity index (χ1v) is 2.50. The molecule has 0 aromatic heterocycles. The zero-order valence-electron chi connectivity index (χ0n) is 5.46. The molecule has 1 N–H and O–H groups in total. The highest BCUT2D eigenvalue weighted by Gasteiger charge is 2.13. The lowest BCUT2D eigenvalue weighted by molar-refractivity contribution is -0.142. The van der Waals surface area contributed by atoms with E-state index in [1.54, 1.807) is 0 Å². The van der Waals surface area contributed by atoms with E-state index in [4.69, 9.17) is 6.42 Å². The van der Waals surface area contributed by atoms with Crippen molar-refractivity contribution in [1.29, 1.82) is 0 Å². The minimum atomic E-state index is -0.970. The summed E-state index contributed by atoms with van der Waals surface area (Å²) in [4.78, 5) is 20.3. The Morgan fingerprint density at radius 2 is 2.50 bits per heavy atom. The van der Waals surface area contributed by atoms with Gasteiger partial charge in [0.05, 0.1) is 7.11 Å². The van der Waals surface area contributed by atoms with E-state index in [0.717, 1.165) is 0 Å². The van der Waals surface area contributed by atoms with E-state index in [2.05, 4.69) is 10.1 Å². The number of nitrogens with one attached hydrogen (secondary N) is 1. The van der Waals surface area contributed by atoms with E-state index in [-0.39, 0.29) is 0 Å². The van der Waals surface area contributed by atoms with Gasteiger partial charge in [-0.1, -0.05) is 5.92 Å². The van der Waals surface area contributed by atoms with Gasteiger partial charge in [-0.2, -0.15) is 0 Å². The van der Waals surface area contributed by atoms with Crippen LogP contribution in [-0.4, -0.2) is 25.5 Å². The van der Waals surface area contributed by atoms with Gasteiger partial charge in [0.15, 0.2) is 6.04 Å². The van der Waals surface area contributed by atoms with Gasteiger partial charge in [-0.25, -0.2) is 4.79 Å². The summed E-state index contributed by atoms with van der Waals surface area (Å²) < 4.78 is 4.25. The molecule has 0 aliphatic carbocycles. The number of rotatable bonds is 3. The van der Waals surface area contributed by atoms with Crippen LogP contribution in [0.2, 0.25) is 0 Å². The standard InChI is InChI=1S/C6H7NO3/c1-3-5(7-4-8)6(9)10-2/h1,4-5H,2H3,(H,7,8). The molecule has 0 aliphatic heterocycles. The van der Waals surface area contributed by atoms with Gasteiger partial charge >= 0.3 is 5.97 Å². The monoisotopic (exact) mass is 141 g/mol. The third-order valence-corrected chi connectivity index (χ3v) is 0.838. The summed E-state index contributed by atoms with van der Waals surface area (Å²) in [6.07, 6.45) is 5.21. The Bertz CT molecular complexity index is 170. The number of esters is 1. The van der Waals surface area contributed by atoms with Crippen molar-refractivity contribution in [3.05, 3.63) is 0 Å². The van der Waals surface area contributed by atoms with Crippen LogP contribution in [0.3, 0.4) is 0 Å². The molecule has 1 unspecified atom stereocenters. The van der Waals surface area contributed by atoms with Crippen molar-refractivity contribution < 1.29 is 14.3 Å². The number of terminal acetylenes is 1. The van der Waals surface area contributed by atoms with Gasteiger partial charge in [0.25, 0.3) is 0 Å². The number of hydrogen-bond acceptors (Lipinski definition) is 3. The fourth-order valence-corrected chi connectivity index (χ4v) is 0.370. The van der Waals surface area contributed by atoms with Crippen molar-refractivity contribution in [2.45, 2.75) is 6.04 Å². The molecular formula is C6H7NO3. The average Bonchev–Trinajstić information content (AvgIpc) is 1.99. The number of methoxy groups -OCH3 is 1. The van der Waals surface area contributed by atoms with E-state index in [1.165, 1.54) is 7.11 Å². The Labute approximate surface area is 58.5 Å². The van der Waals surface area contributed by atoms with Crippen molar-refractivity contribution in [2.75, 3.05) is 7.11 Å². The second kappa shape index (κ2) is 4.39. The topological polar surface area (TPSA) is 55.4 Å². The van der Waals surface area contributed by atoms with Gasteiger partial charge in [-0.15, -0.1) is 6.42 Å². The molecule has 0 saturated carbocycles. The van der Waals surface area contributed by atoms with Gasteiger partial charge in [0.2, 0.25) is 6.41 Å². The summed E-state index contributed by atoms with van der Waals surface area (Å²) in [5, 5.41) is 2.09. The number of carbonyl (C=O) groups excluding carboxylic acids is 2. The van der Waals surface area contributed by atoms with Crippen LogP contribution in [0.5, 0.6) is 0 Å². The van der Waals surface area contributed by atoms with Crippen LogP contribution in [0.25, 0.3) is 0 Å². The first-order valence-electron chi connectivity index (χ1n) is 2.50. The van der Waals surface area contributed by atoms with Crippen LogP contribution in [0.4, 0.5) is 0 Å².